The lowest BCUT2D eigenvalue weighted by atomic mass is 10.1. The quantitative estimate of drug-likeness (QED) is 0.852. The van der Waals surface area contributed by atoms with Crippen LogP contribution in [0, 0.1) is 12.7 Å². The van der Waals surface area contributed by atoms with Crippen LogP contribution in [0.2, 0.25) is 0 Å². The Labute approximate surface area is 113 Å². The third-order valence-corrected chi connectivity index (χ3v) is 3.26. The number of para-hydroxylation sites is 1. The Morgan fingerprint density at radius 3 is 2.42 bits per heavy atom. The van der Waals surface area contributed by atoms with E-state index in [-0.39, 0.29) is 5.82 Å². The van der Waals surface area contributed by atoms with E-state index in [9.17, 15) is 4.39 Å². The number of anilines is 2. The Hall–Kier alpha value is -2.03. The monoisotopic (exact) mass is 258 g/mol. The van der Waals surface area contributed by atoms with Gasteiger partial charge in [0, 0.05) is 13.6 Å². The third kappa shape index (κ3) is 3.25. The molecule has 0 radical (unpaired) electrons. The second kappa shape index (κ2) is 5.74. The van der Waals surface area contributed by atoms with E-state index in [0.29, 0.717) is 11.4 Å². The highest BCUT2D eigenvalue weighted by molar-refractivity contribution is 5.67. The molecule has 0 aliphatic carbocycles. The number of benzene rings is 2. The van der Waals surface area contributed by atoms with Gasteiger partial charge in [0.2, 0.25) is 0 Å². The van der Waals surface area contributed by atoms with Gasteiger partial charge in [-0.05, 0) is 31.0 Å². The number of rotatable bonds is 4. The zero-order chi connectivity index (χ0) is 13.8. The van der Waals surface area contributed by atoms with Crippen LogP contribution in [0.1, 0.15) is 11.1 Å². The maximum atomic E-state index is 13.8. The molecule has 2 aromatic rings. The first-order chi connectivity index (χ1) is 9.08. The molecular weight excluding hydrogens is 239 g/mol. The fraction of sp³-hybridized carbons (Fsp3) is 0.250. The maximum Gasteiger partial charge on any atom is 0.148 e. The van der Waals surface area contributed by atoms with Crippen molar-refractivity contribution in [1.29, 1.82) is 0 Å². The minimum Gasteiger partial charge on any atom is -0.397 e. The van der Waals surface area contributed by atoms with E-state index in [1.165, 1.54) is 17.2 Å². The maximum absolute atomic E-state index is 13.8. The number of hydrogen-bond acceptors (Lipinski definition) is 2. The Morgan fingerprint density at radius 2 is 1.79 bits per heavy atom. The van der Waals surface area contributed by atoms with Crippen LogP contribution >= 0.6 is 0 Å². The Kier molecular flexibility index (Phi) is 4.05. The number of halogens is 1. The highest BCUT2D eigenvalue weighted by Crippen LogP contribution is 2.25. The molecule has 2 rings (SSSR count). The lowest BCUT2D eigenvalue weighted by Crippen LogP contribution is -2.22. The van der Waals surface area contributed by atoms with Gasteiger partial charge in [-0.2, -0.15) is 0 Å². The van der Waals surface area contributed by atoms with Gasteiger partial charge in [0.05, 0.1) is 11.4 Å². The molecule has 0 atom stereocenters. The first-order valence-electron chi connectivity index (χ1n) is 6.38. The number of likely N-dealkylation sites (N-methyl/N-ethyl adjacent to an activating group) is 1. The standard InChI is InChI=1S/C16H19FN2/c1-12-6-8-13(9-7-12)10-11-19(2)16-14(17)4-3-5-15(16)18/h3-9H,10-11,18H2,1-2H3. The van der Waals surface area contributed by atoms with Crippen LogP contribution in [-0.2, 0) is 6.42 Å². The molecule has 0 aromatic heterocycles. The molecule has 0 spiro atoms. The Balaban J connectivity index is 2.05. The summed E-state index contributed by atoms with van der Waals surface area (Å²) in [4.78, 5) is 1.87. The molecule has 0 saturated carbocycles. The summed E-state index contributed by atoms with van der Waals surface area (Å²) in [6, 6.07) is 13.2. The predicted molar refractivity (Wildman–Crippen MR) is 79.0 cm³/mol. The zero-order valence-corrected chi connectivity index (χ0v) is 11.4. The van der Waals surface area contributed by atoms with Crippen molar-refractivity contribution >= 4 is 11.4 Å². The zero-order valence-electron chi connectivity index (χ0n) is 11.4. The number of hydrogen-bond donors (Lipinski definition) is 1. The highest BCUT2D eigenvalue weighted by Gasteiger charge is 2.10. The average Bonchev–Trinajstić information content (AvgIpc) is 2.38. The summed E-state index contributed by atoms with van der Waals surface area (Å²) in [6.45, 7) is 2.80. The number of nitrogens with two attached hydrogens (primary N) is 1. The molecule has 3 heteroatoms. The van der Waals surface area contributed by atoms with Gasteiger partial charge in [0.1, 0.15) is 5.82 Å². The second-order valence-electron chi connectivity index (χ2n) is 4.83. The van der Waals surface area contributed by atoms with Crippen LogP contribution in [-0.4, -0.2) is 13.6 Å². The van der Waals surface area contributed by atoms with Gasteiger partial charge in [-0.25, -0.2) is 4.39 Å². The van der Waals surface area contributed by atoms with E-state index in [0.717, 1.165) is 13.0 Å². The largest absolute Gasteiger partial charge is 0.397 e. The van der Waals surface area contributed by atoms with Crippen molar-refractivity contribution in [3.05, 3.63) is 59.4 Å². The summed E-state index contributed by atoms with van der Waals surface area (Å²) >= 11 is 0. The molecule has 0 bridgehead atoms. The lowest BCUT2D eigenvalue weighted by molar-refractivity contribution is 0.623. The minimum atomic E-state index is -0.272. The van der Waals surface area contributed by atoms with Gasteiger partial charge in [0.25, 0.3) is 0 Å². The van der Waals surface area contributed by atoms with Gasteiger partial charge < -0.3 is 10.6 Å². The first-order valence-corrected chi connectivity index (χ1v) is 6.38. The molecule has 2 nitrogen and oxygen atoms in total. The predicted octanol–water partition coefficient (Wildman–Crippen LogP) is 3.40. The van der Waals surface area contributed by atoms with E-state index in [2.05, 4.69) is 31.2 Å². The van der Waals surface area contributed by atoms with Crippen LogP contribution in [0.25, 0.3) is 0 Å². The van der Waals surface area contributed by atoms with E-state index in [1.807, 2.05) is 11.9 Å². The molecule has 2 N–H and O–H groups in total. The molecule has 0 fully saturated rings. The molecule has 0 aliphatic rings. The van der Waals surface area contributed by atoms with Crippen molar-refractivity contribution in [1.82, 2.24) is 0 Å². The molecule has 0 saturated heterocycles. The third-order valence-electron chi connectivity index (χ3n) is 3.26. The molecule has 19 heavy (non-hydrogen) atoms. The van der Waals surface area contributed by atoms with Crippen molar-refractivity contribution in [2.45, 2.75) is 13.3 Å². The molecular formula is C16H19FN2. The van der Waals surface area contributed by atoms with E-state index in [4.69, 9.17) is 5.73 Å². The molecule has 0 aliphatic heterocycles. The van der Waals surface area contributed by atoms with Crippen LogP contribution < -0.4 is 10.6 Å². The summed E-state index contributed by atoms with van der Waals surface area (Å²) in [5.41, 5.74) is 9.28. The first kappa shape index (κ1) is 13.4. The molecule has 0 unspecified atom stereocenters. The highest BCUT2D eigenvalue weighted by atomic mass is 19.1. The molecule has 0 heterocycles. The summed E-state index contributed by atoms with van der Waals surface area (Å²) < 4.78 is 13.8. The van der Waals surface area contributed by atoms with Crippen molar-refractivity contribution in [2.24, 2.45) is 0 Å². The second-order valence-corrected chi connectivity index (χ2v) is 4.83. The van der Waals surface area contributed by atoms with E-state index < -0.39 is 0 Å². The lowest BCUT2D eigenvalue weighted by Gasteiger charge is -2.21. The van der Waals surface area contributed by atoms with Gasteiger partial charge >= 0.3 is 0 Å². The summed E-state index contributed by atoms with van der Waals surface area (Å²) in [6.07, 6.45) is 0.866. The smallest absolute Gasteiger partial charge is 0.148 e. The summed E-state index contributed by atoms with van der Waals surface area (Å²) in [5.74, 6) is -0.272. The topological polar surface area (TPSA) is 29.3 Å². The Bertz CT molecular complexity index is 529. The number of nitrogens with zero attached hydrogens (tertiary/aromatic N) is 1. The number of aryl methyl sites for hydroxylation is 1. The Morgan fingerprint density at radius 1 is 1.11 bits per heavy atom. The summed E-state index contributed by atoms with van der Waals surface area (Å²) in [7, 11) is 1.86. The SMILES string of the molecule is Cc1ccc(CCN(C)c2c(N)cccc2F)cc1. The van der Waals surface area contributed by atoms with Crippen LogP contribution in [0.4, 0.5) is 15.8 Å². The van der Waals surface area contributed by atoms with E-state index in [1.54, 1.807) is 12.1 Å². The van der Waals surface area contributed by atoms with Crippen molar-refractivity contribution in [3.8, 4) is 0 Å². The average molecular weight is 258 g/mol. The molecule has 0 amide bonds. The van der Waals surface area contributed by atoms with Crippen LogP contribution in [0.15, 0.2) is 42.5 Å². The molecule has 100 valence electrons. The van der Waals surface area contributed by atoms with Crippen LogP contribution in [0.3, 0.4) is 0 Å². The summed E-state index contributed by atoms with van der Waals surface area (Å²) in [5, 5.41) is 0. The molecule has 2 aromatic carbocycles. The van der Waals surface area contributed by atoms with Gasteiger partial charge in [0.15, 0.2) is 0 Å². The van der Waals surface area contributed by atoms with Gasteiger partial charge in [-0.1, -0.05) is 35.9 Å². The van der Waals surface area contributed by atoms with E-state index >= 15 is 0 Å². The minimum absolute atomic E-state index is 0.272. The normalized spacial score (nSPS) is 10.5. The fourth-order valence-corrected chi connectivity index (χ4v) is 2.10. The van der Waals surface area contributed by atoms with Gasteiger partial charge in [-0.15, -0.1) is 0 Å². The van der Waals surface area contributed by atoms with Crippen molar-refractivity contribution in [3.63, 3.8) is 0 Å². The number of nitrogen functional groups attached to an aromatic ring is 1. The fourth-order valence-electron chi connectivity index (χ4n) is 2.10. The van der Waals surface area contributed by atoms with Gasteiger partial charge in [-0.3, -0.25) is 0 Å². The van der Waals surface area contributed by atoms with Crippen LogP contribution in [0.5, 0.6) is 0 Å². The van der Waals surface area contributed by atoms with Crippen molar-refractivity contribution < 1.29 is 4.39 Å². The van der Waals surface area contributed by atoms with Crippen molar-refractivity contribution in [2.75, 3.05) is 24.2 Å².